The summed E-state index contributed by atoms with van der Waals surface area (Å²) in [6, 6.07) is 10.0. The van der Waals surface area contributed by atoms with Crippen LogP contribution in [0, 0.1) is 20.8 Å². The van der Waals surface area contributed by atoms with Crippen LogP contribution in [0.15, 0.2) is 42.7 Å². The highest BCUT2D eigenvalue weighted by Crippen LogP contribution is 2.25. The van der Waals surface area contributed by atoms with Gasteiger partial charge in [0.25, 0.3) is 0 Å². The molecule has 0 spiro atoms. The highest BCUT2D eigenvalue weighted by Gasteiger charge is 2.14. The average Bonchev–Trinajstić information content (AvgIpc) is 3.03. The minimum atomic E-state index is 0.119. The first kappa shape index (κ1) is 17.9. The van der Waals surface area contributed by atoms with Crippen LogP contribution in [-0.4, -0.2) is 34.3 Å². The number of aromatic amines is 1. The molecule has 0 aliphatic rings. The van der Waals surface area contributed by atoms with Gasteiger partial charge in [-0.3, -0.25) is 9.78 Å². The van der Waals surface area contributed by atoms with Crippen molar-refractivity contribution in [3.63, 3.8) is 0 Å². The lowest BCUT2D eigenvalue weighted by Crippen LogP contribution is -2.28. The van der Waals surface area contributed by atoms with Crippen LogP contribution in [0.25, 0.3) is 11.4 Å². The summed E-state index contributed by atoms with van der Waals surface area (Å²) < 4.78 is 0. The van der Waals surface area contributed by atoms with Crippen LogP contribution >= 0.6 is 0 Å². The van der Waals surface area contributed by atoms with Crippen molar-refractivity contribution in [1.82, 2.24) is 15.0 Å². The number of H-pyrrole nitrogens is 1. The van der Waals surface area contributed by atoms with E-state index in [0.717, 1.165) is 17.1 Å². The fourth-order valence-corrected chi connectivity index (χ4v) is 3.47. The van der Waals surface area contributed by atoms with Gasteiger partial charge < -0.3 is 9.88 Å². The first-order chi connectivity index (χ1) is 12.4. The summed E-state index contributed by atoms with van der Waals surface area (Å²) in [6.07, 6.45) is 3.74. The van der Waals surface area contributed by atoms with E-state index in [1.165, 1.54) is 16.7 Å². The molecular weight excluding hydrogens is 324 g/mol. The normalized spacial score (nSPS) is 10.8. The minimum Gasteiger partial charge on any atom is -0.367 e. The fraction of sp³-hybridized carbons (Fsp3) is 0.286. The Balaban J connectivity index is 1.67. The zero-order valence-electron chi connectivity index (χ0n) is 15.7. The van der Waals surface area contributed by atoms with Crippen molar-refractivity contribution in [2.75, 3.05) is 18.5 Å². The maximum absolute atomic E-state index is 12.5. The zero-order valence-corrected chi connectivity index (χ0v) is 15.7. The Morgan fingerprint density at radius 2 is 1.85 bits per heavy atom. The lowest BCUT2D eigenvalue weighted by molar-refractivity contribution is -0.117. The average molecular weight is 348 g/mol. The molecule has 0 fully saturated rings. The lowest BCUT2D eigenvalue weighted by Gasteiger charge is -2.23. The van der Waals surface area contributed by atoms with Crippen LogP contribution in [-0.2, 0) is 11.2 Å². The summed E-state index contributed by atoms with van der Waals surface area (Å²) in [6.45, 7) is 6.61. The molecule has 0 saturated carbocycles. The Hall–Kier alpha value is -2.95. The Morgan fingerprint density at radius 3 is 2.50 bits per heavy atom. The number of imidazole rings is 1. The van der Waals surface area contributed by atoms with E-state index in [1.807, 2.05) is 30.1 Å². The van der Waals surface area contributed by atoms with Crippen molar-refractivity contribution in [3.05, 3.63) is 65.2 Å². The van der Waals surface area contributed by atoms with Gasteiger partial charge in [0.2, 0.25) is 0 Å². The Morgan fingerprint density at radius 1 is 1.12 bits per heavy atom. The summed E-state index contributed by atoms with van der Waals surface area (Å²) in [4.78, 5) is 26.3. The molecule has 0 saturated heterocycles. The van der Waals surface area contributed by atoms with Gasteiger partial charge >= 0.3 is 0 Å². The molecule has 0 atom stereocenters. The van der Waals surface area contributed by atoms with Gasteiger partial charge in [-0.05, 0) is 44.0 Å². The first-order valence-corrected chi connectivity index (χ1v) is 8.70. The van der Waals surface area contributed by atoms with Crippen LogP contribution in [0.4, 0.5) is 5.69 Å². The van der Waals surface area contributed by atoms with Crippen molar-refractivity contribution in [2.24, 2.45) is 0 Å². The minimum absolute atomic E-state index is 0.119. The summed E-state index contributed by atoms with van der Waals surface area (Å²) in [7, 11) is 1.96. The van der Waals surface area contributed by atoms with Crippen molar-refractivity contribution in [2.45, 2.75) is 27.2 Å². The predicted molar refractivity (Wildman–Crippen MR) is 104 cm³/mol. The van der Waals surface area contributed by atoms with Gasteiger partial charge in [0.1, 0.15) is 5.82 Å². The molecule has 0 radical (unpaired) electrons. The molecule has 2 aromatic heterocycles. The van der Waals surface area contributed by atoms with Crippen molar-refractivity contribution >= 4 is 11.5 Å². The van der Waals surface area contributed by atoms with Gasteiger partial charge in [-0.15, -0.1) is 0 Å². The van der Waals surface area contributed by atoms with Crippen molar-refractivity contribution in [3.8, 4) is 11.4 Å². The Kier molecular flexibility index (Phi) is 5.16. The maximum Gasteiger partial charge on any atom is 0.159 e. The number of hydrogen-bond donors (Lipinski definition) is 1. The molecule has 26 heavy (non-hydrogen) atoms. The number of nitrogens with zero attached hydrogens (tertiary/aromatic N) is 3. The number of anilines is 1. The molecule has 3 aromatic rings. The number of aryl methyl sites for hydroxylation is 3. The molecule has 5 nitrogen and oxygen atoms in total. The number of ketones is 1. The van der Waals surface area contributed by atoms with E-state index in [1.54, 1.807) is 12.4 Å². The Labute approximate surface area is 154 Å². The van der Waals surface area contributed by atoms with Gasteiger partial charge in [-0.25, -0.2) is 4.98 Å². The monoisotopic (exact) mass is 348 g/mol. The number of Topliss-reactive ketones (excluding diaryl/α,β-unsaturated/α-hetero) is 1. The predicted octanol–water partition coefficient (Wildman–Crippen LogP) is 3.64. The third-order valence-corrected chi connectivity index (χ3v) is 4.36. The standard InChI is InChI=1S/C21H24N4O/c1-14-9-15(2)21(16(3)10-14)25(4)13-17(26)11-20-23-12-19(24-20)18-7-5-6-8-22-18/h5-10,12H,11,13H2,1-4H3,(H,23,24). The third-order valence-electron chi connectivity index (χ3n) is 4.36. The fourth-order valence-electron chi connectivity index (χ4n) is 3.47. The number of aromatic nitrogens is 3. The van der Waals surface area contributed by atoms with E-state index in [0.29, 0.717) is 12.4 Å². The SMILES string of the molecule is Cc1cc(C)c(N(C)CC(=O)Cc2ncc(-c3ccccn3)[nH]2)c(C)c1. The number of carbonyl (C=O) groups excluding carboxylic acids is 1. The van der Waals surface area contributed by atoms with Gasteiger partial charge in [0, 0.05) is 18.9 Å². The first-order valence-electron chi connectivity index (χ1n) is 8.70. The summed E-state index contributed by atoms with van der Waals surface area (Å²) in [5, 5.41) is 0. The topological polar surface area (TPSA) is 61.9 Å². The van der Waals surface area contributed by atoms with E-state index >= 15 is 0 Å². The number of hydrogen-bond acceptors (Lipinski definition) is 4. The van der Waals surface area contributed by atoms with E-state index in [-0.39, 0.29) is 12.2 Å². The zero-order chi connectivity index (χ0) is 18.7. The molecule has 1 aromatic carbocycles. The van der Waals surface area contributed by atoms with Crippen LogP contribution in [0.1, 0.15) is 22.5 Å². The summed E-state index contributed by atoms with van der Waals surface area (Å²) in [5.74, 6) is 0.787. The van der Waals surface area contributed by atoms with Gasteiger partial charge in [0.15, 0.2) is 5.78 Å². The molecule has 1 N–H and O–H groups in total. The van der Waals surface area contributed by atoms with Gasteiger partial charge in [-0.1, -0.05) is 23.8 Å². The molecule has 5 heteroatoms. The van der Waals surface area contributed by atoms with E-state index in [4.69, 9.17) is 0 Å². The van der Waals surface area contributed by atoms with Crippen molar-refractivity contribution < 1.29 is 4.79 Å². The van der Waals surface area contributed by atoms with E-state index in [9.17, 15) is 4.79 Å². The smallest absolute Gasteiger partial charge is 0.159 e. The van der Waals surface area contributed by atoms with Crippen molar-refractivity contribution in [1.29, 1.82) is 0 Å². The molecule has 2 heterocycles. The molecule has 0 amide bonds. The van der Waals surface area contributed by atoms with Crippen LogP contribution in [0.3, 0.4) is 0 Å². The second-order valence-electron chi connectivity index (χ2n) is 6.78. The number of rotatable bonds is 6. The lowest BCUT2D eigenvalue weighted by atomic mass is 10.0. The quantitative estimate of drug-likeness (QED) is 0.739. The van der Waals surface area contributed by atoms with Gasteiger partial charge in [-0.2, -0.15) is 0 Å². The second-order valence-corrected chi connectivity index (χ2v) is 6.78. The number of pyridine rings is 1. The van der Waals surface area contributed by atoms with Crippen LogP contribution in [0.2, 0.25) is 0 Å². The Bertz CT molecular complexity index is 892. The summed E-state index contributed by atoms with van der Waals surface area (Å²) >= 11 is 0. The van der Waals surface area contributed by atoms with Crippen LogP contribution in [0.5, 0.6) is 0 Å². The summed E-state index contributed by atoms with van der Waals surface area (Å²) in [5.41, 5.74) is 6.38. The molecule has 0 unspecified atom stereocenters. The molecule has 0 bridgehead atoms. The largest absolute Gasteiger partial charge is 0.367 e. The number of carbonyl (C=O) groups is 1. The molecule has 134 valence electrons. The van der Waals surface area contributed by atoms with Gasteiger partial charge in [0.05, 0.1) is 30.6 Å². The number of benzene rings is 1. The number of likely N-dealkylation sites (N-methyl/N-ethyl adjacent to an activating group) is 1. The highest BCUT2D eigenvalue weighted by atomic mass is 16.1. The second kappa shape index (κ2) is 7.52. The molecule has 3 rings (SSSR count). The van der Waals surface area contributed by atoms with E-state index in [2.05, 4.69) is 47.9 Å². The number of nitrogens with one attached hydrogen (secondary N) is 1. The molecular formula is C21H24N4O. The van der Waals surface area contributed by atoms with E-state index < -0.39 is 0 Å². The maximum atomic E-state index is 12.5. The highest BCUT2D eigenvalue weighted by molar-refractivity contribution is 5.85. The molecule has 0 aliphatic heterocycles. The third kappa shape index (κ3) is 3.99. The molecule has 0 aliphatic carbocycles. The van der Waals surface area contributed by atoms with Crippen LogP contribution < -0.4 is 4.90 Å².